The molecule has 0 aromatic carbocycles. The van der Waals surface area contributed by atoms with Gasteiger partial charge in [0.1, 0.15) is 5.76 Å². The highest BCUT2D eigenvalue weighted by Gasteiger charge is 2.39. The summed E-state index contributed by atoms with van der Waals surface area (Å²) in [6.07, 6.45) is 7.47. The molecule has 0 radical (unpaired) electrons. The van der Waals surface area contributed by atoms with Gasteiger partial charge in [0.2, 0.25) is 0 Å². The molecule has 24 heavy (non-hydrogen) atoms. The normalized spacial score (nSPS) is 26.2. The summed E-state index contributed by atoms with van der Waals surface area (Å²) in [6, 6.07) is 7.05. The van der Waals surface area contributed by atoms with Gasteiger partial charge in [0.25, 0.3) is 0 Å². The minimum absolute atomic E-state index is 0.532. The first-order chi connectivity index (χ1) is 11.8. The Morgan fingerprint density at radius 1 is 1.25 bits per heavy atom. The van der Waals surface area contributed by atoms with Gasteiger partial charge in [0.15, 0.2) is 10.2 Å². The molecule has 3 atom stereocenters. The summed E-state index contributed by atoms with van der Waals surface area (Å²) in [7, 11) is 2.15. The third kappa shape index (κ3) is 3.64. The zero-order valence-corrected chi connectivity index (χ0v) is 14.6. The molecule has 0 spiro atoms. The van der Waals surface area contributed by atoms with Crippen molar-refractivity contribution in [2.75, 3.05) is 13.6 Å². The molecule has 2 aromatic heterocycles. The van der Waals surface area contributed by atoms with Crippen LogP contribution in [-0.2, 0) is 6.54 Å². The van der Waals surface area contributed by atoms with Gasteiger partial charge < -0.3 is 4.42 Å². The molecule has 3 heterocycles. The van der Waals surface area contributed by atoms with Crippen molar-refractivity contribution >= 4 is 11.8 Å². The second-order valence-corrected chi connectivity index (χ2v) is 7.62. The molecule has 7 heteroatoms. The summed E-state index contributed by atoms with van der Waals surface area (Å²) in [6.45, 7) is 1.84. The summed E-state index contributed by atoms with van der Waals surface area (Å²) < 4.78 is 5.91. The number of hydrazine groups is 1. The van der Waals surface area contributed by atoms with E-state index in [4.69, 9.17) is 4.42 Å². The molecule has 2 fully saturated rings. The van der Waals surface area contributed by atoms with Crippen molar-refractivity contribution in [3.63, 3.8) is 0 Å². The molecule has 128 valence electrons. The lowest BCUT2D eigenvalue weighted by atomic mass is 9.97. The fourth-order valence-electron chi connectivity index (χ4n) is 3.74. The van der Waals surface area contributed by atoms with Crippen LogP contribution in [0.15, 0.2) is 45.3 Å². The monoisotopic (exact) mass is 345 g/mol. The van der Waals surface area contributed by atoms with Gasteiger partial charge in [-0.25, -0.2) is 9.97 Å². The van der Waals surface area contributed by atoms with Gasteiger partial charge in [0.05, 0.1) is 6.54 Å². The van der Waals surface area contributed by atoms with Crippen LogP contribution in [-0.4, -0.2) is 40.5 Å². The van der Waals surface area contributed by atoms with Crippen LogP contribution >= 0.6 is 11.8 Å². The number of nitrogens with zero attached hydrogens (tertiary/aromatic N) is 3. The van der Waals surface area contributed by atoms with Crippen LogP contribution in [0.5, 0.6) is 0 Å². The van der Waals surface area contributed by atoms with E-state index in [2.05, 4.69) is 32.8 Å². The van der Waals surface area contributed by atoms with Gasteiger partial charge >= 0.3 is 0 Å². The predicted molar refractivity (Wildman–Crippen MR) is 92.4 cm³/mol. The Bertz CT molecular complexity index is 664. The maximum atomic E-state index is 5.91. The maximum Gasteiger partial charge on any atom is 0.195 e. The first-order valence-corrected chi connectivity index (χ1v) is 9.33. The Kier molecular flexibility index (Phi) is 4.84. The van der Waals surface area contributed by atoms with Crippen molar-refractivity contribution in [3.8, 4) is 0 Å². The molecule has 0 bridgehead atoms. The van der Waals surface area contributed by atoms with Gasteiger partial charge in [-0.2, -0.15) is 0 Å². The molecular weight excluding hydrogens is 322 g/mol. The van der Waals surface area contributed by atoms with E-state index in [0.717, 1.165) is 29.9 Å². The van der Waals surface area contributed by atoms with E-state index in [1.807, 2.05) is 18.2 Å². The standard InChI is InChI=1S/C17H23N5OS/c1-22(11-15-13-4-2-5-14(13)20-21-15)10-12-6-7-16(23-12)24-17-18-8-3-9-19-17/h3,6-9,13-15,20-21H,2,4-5,10-11H2,1H3. The van der Waals surface area contributed by atoms with E-state index < -0.39 is 0 Å². The molecule has 2 aromatic rings. The third-order valence-electron chi connectivity index (χ3n) is 4.85. The average molecular weight is 345 g/mol. The second-order valence-electron chi connectivity index (χ2n) is 6.65. The van der Waals surface area contributed by atoms with Crippen molar-refractivity contribution in [1.82, 2.24) is 25.7 Å². The fraction of sp³-hybridized carbons (Fsp3) is 0.529. The summed E-state index contributed by atoms with van der Waals surface area (Å²) in [5, 5.41) is 1.54. The van der Waals surface area contributed by atoms with E-state index in [1.54, 1.807) is 12.4 Å². The van der Waals surface area contributed by atoms with E-state index in [9.17, 15) is 0 Å². The summed E-state index contributed by atoms with van der Waals surface area (Å²) >= 11 is 1.45. The van der Waals surface area contributed by atoms with Gasteiger partial charge in [-0.1, -0.05) is 6.42 Å². The van der Waals surface area contributed by atoms with Gasteiger partial charge in [-0.15, -0.1) is 0 Å². The topological polar surface area (TPSA) is 66.2 Å². The minimum atomic E-state index is 0.532. The van der Waals surface area contributed by atoms with Crippen molar-refractivity contribution in [1.29, 1.82) is 0 Å². The molecule has 0 amide bonds. The highest BCUT2D eigenvalue weighted by atomic mass is 32.2. The highest BCUT2D eigenvalue weighted by Crippen LogP contribution is 2.32. The summed E-state index contributed by atoms with van der Waals surface area (Å²) in [5.74, 6) is 1.75. The van der Waals surface area contributed by atoms with E-state index >= 15 is 0 Å². The number of rotatable bonds is 6. The molecule has 3 unspecified atom stereocenters. The molecule has 1 saturated heterocycles. The number of hydrogen-bond acceptors (Lipinski definition) is 7. The van der Waals surface area contributed by atoms with E-state index in [0.29, 0.717) is 17.2 Å². The molecule has 1 aliphatic carbocycles. The Hall–Kier alpha value is -1.41. The number of nitrogens with one attached hydrogen (secondary N) is 2. The Morgan fingerprint density at radius 2 is 2.12 bits per heavy atom. The van der Waals surface area contributed by atoms with E-state index in [-0.39, 0.29) is 0 Å². The van der Waals surface area contributed by atoms with E-state index in [1.165, 1.54) is 31.0 Å². The van der Waals surface area contributed by atoms with Crippen LogP contribution in [0, 0.1) is 5.92 Å². The van der Waals surface area contributed by atoms with Crippen molar-refractivity contribution < 1.29 is 4.42 Å². The Morgan fingerprint density at radius 3 is 3.00 bits per heavy atom. The third-order valence-corrected chi connectivity index (χ3v) is 5.66. The van der Waals surface area contributed by atoms with Crippen LogP contribution in [0.2, 0.25) is 0 Å². The molecule has 4 rings (SSSR count). The SMILES string of the molecule is CN(Cc1ccc(Sc2ncccn2)o1)CC1NNC2CCCC21. The van der Waals surface area contributed by atoms with Crippen molar-refractivity contribution in [3.05, 3.63) is 36.4 Å². The number of hydrogen-bond donors (Lipinski definition) is 2. The van der Waals surface area contributed by atoms with Gasteiger partial charge in [-0.3, -0.25) is 15.8 Å². The van der Waals surface area contributed by atoms with Crippen LogP contribution in [0.1, 0.15) is 25.0 Å². The lowest BCUT2D eigenvalue weighted by Crippen LogP contribution is -2.41. The molecule has 2 aliphatic rings. The van der Waals surface area contributed by atoms with Crippen molar-refractivity contribution in [2.24, 2.45) is 5.92 Å². The zero-order valence-electron chi connectivity index (χ0n) is 13.8. The van der Waals surface area contributed by atoms with Crippen molar-refractivity contribution in [2.45, 2.75) is 48.1 Å². The van der Waals surface area contributed by atoms with Crippen LogP contribution in [0.4, 0.5) is 0 Å². The lowest BCUT2D eigenvalue weighted by molar-refractivity contribution is 0.240. The molecule has 1 saturated carbocycles. The number of fused-ring (bicyclic) bond motifs is 1. The first-order valence-electron chi connectivity index (χ1n) is 8.51. The number of aromatic nitrogens is 2. The minimum Gasteiger partial charge on any atom is -0.453 e. The predicted octanol–water partition coefficient (Wildman–Crippen LogP) is 2.30. The quantitative estimate of drug-likeness (QED) is 0.779. The second kappa shape index (κ2) is 7.23. The Balaban J connectivity index is 1.30. The van der Waals surface area contributed by atoms with Crippen LogP contribution in [0.3, 0.4) is 0 Å². The molecule has 6 nitrogen and oxygen atoms in total. The zero-order chi connectivity index (χ0) is 16.4. The highest BCUT2D eigenvalue weighted by molar-refractivity contribution is 7.99. The smallest absolute Gasteiger partial charge is 0.195 e. The molecular formula is C17H23N5OS. The van der Waals surface area contributed by atoms with Crippen LogP contribution < -0.4 is 10.9 Å². The van der Waals surface area contributed by atoms with Gasteiger partial charge in [0, 0.05) is 31.0 Å². The number of likely N-dealkylation sites (N-methyl/N-ethyl adjacent to an activating group) is 1. The largest absolute Gasteiger partial charge is 0.453 e. The summed E-state index contributed by atoms with van der Waals surface area (Å²) in [5.41, 5.74) is 6.92. The lowest BCUT2D eigenvalue weighted by Gasteiger charge is -2.23. The van der Waals surface area contributed by atoms with Gasteiger partial charge in [-0.05, 0) is 55.8 Å². The Labute approximate surface area is 146 Å². The summed E-state index contributed by atoms with van der Waals surface area (Å²) in [4.78, 5) is 10.7. The molecule has 2 N–H and O–H groups in total. The molecule has 1 aliphatic heterocycles. The maximum absolute atomic E-state index is 5.91. The van der Waals surface area contributed by atoms with Crippen LogP contribution in [0.25, 0.3) is 0 Å². The average Bonchev–Trinajstić information content (AvgIpc) is 3.28. The fourth-order valence-corrected chi connectivity index (χ4v) is 4.44. The first kappa shape index (κ1) is 16.1. The number of furan rings is 1.